The average Bonchev–Trinajstić information content (AvgIpc) is 1.87. The average molecular weight is 153 g/mol. The third kappa shape index (κ3) is 5.71. The standard InChI is InChI=1S/C10H19N/c1-5-7-9(3)11-10(4)8-6-2/h5,7,10-11H,1,6,8H2,2-4H3/b9-7+. The summed E-state index contributed by atoms with van der Waals surface area (Å²) in [6.45, 7) is 10.1. The van der Waals surface area contributed by atoms with Gasteiger partial charge in [-0.15, -0.1) is 0 Å². The second kappa shape index (κ2) is 6.02. The van der Waals surface area contributed by atoms with Crippen molar-refractivity contribution in [2.24, 2.45) is 0 Å². The van der Waals surface area contributed by atoms with Crippen molar-refractivity contribution >= 4 is 0 Å². The normalized spacial score (nSPS) is 14.3. The molecule has 1 heteroatoms. The van der Waals surface area contributed by atoms with Gasteiger partial charge in [-0.3, -0.25) is 0 Å². The highest BCUT2D eigenvalue weighted by Crippen LogP contribution is 1.98. The molecule has 0 aliphatic heterocycles. The summed E-state index contributed by atoms with van der Waals surface area (Å²) >= 11 is 0. The van der Waals surface area contributed by atoms with Crippen molar-refractivity contribution in [2.45, 2.75) is 39.7 Å². The Bertz CT molecular complexity index is 136. The van der Waals surface area contributed by atoms with Gasteiger partial charge in [0.05, 0.1) is 0 Å². The molecule has 1 N–H and O–H groups in total. The molecule has 64 valence electrons. The highest BCUT2D eigenvalue weighted by atomic mass is 14.9. The molecular weight excluding hydrogens is 134 g/mol. The van der Waals surface area contributed by atoms with Crippen molar-refractivity contribution < 1.29 is 0 Å². The van der Waals surface area contributed by atoms with Crippen LogP contribution in [-0.2, 0) is 0 Å². The van der Waals surface area contributed by atoms with Gasteiger partial charge in [-0.25, -0.2) is 0 Å². The summed E-state index contributed by atoms with van der Waals surface area (Å²) in [5, 5.41) is 3.37. The quantitative estimate of drug-likeness (QED) is 0.599. The predicted molar refractivity (Wildman–Crippen MR) is 51.5 cm³/mol. The molecule has 0 aromatic rings. The van der Waals surface area contributed by atoms with Gasteiger partial charge in [-0.05, 0) is 26.3 Å². The maximum atomic E-state index is 3.64. The molecule has 0 bridgehead atoms. The van der Waals surface area contributed by atoms with Gasteiger partial charge >= 0.3 is 0 Å². The molecule has 0 aliphatic carbocycles. The molecule has 0 rings (SSSR count). The van der Waals surface area contributed by atoms with Gasteiger partial charge in [-0.2, -0.15) is 0 Å². The van der Waals surface area contributed by atoms with E-state index in [2.05, 4.69) is 32.7 Å². The largest absolute Gasteiger partial charge is 0.386 e. The first-order chi connectivity index (χ1) is 5.20. The van der Waals surface area contributed by atoms with E-state index in [-0.39, 0.29) is 0 Å². The molecule has 1 atom stereocenters. The van der Waals surface area contributed by atoms with E-state index in [4.69, 9.17) is 0 Å². The zero-order chi connectivity index (χ0) is 8.69. The van der Waals surface area contributed by atoms with E-state index < -0.39 is 0 Å². The van der Waals surface area contributed by atoms with Crippen LogP contribution in [0.25, 0.3) is 0 Å². The van der Waals surface area contributed by atoms with Gasteiger partial charge < -0.3 is 5.32 Å². The van der Waals surface area contributed by atoms with Gasteiger partial charge in [-0.1, -0.05) is 26.0 Å². The summed E-state index contributed by atoms with van der Waals surface area (Å²) in [6, 6.07) is 0.580. The van der Waals surface area contributed by atoms with Gasteiger partial charge in [0.25, 0.3) is 0 Å². The van der Waals surface area contributed by atoms with Gasteiger partial charge in [0.2, 0.25) is 0 Å². The molecule has 0 fully saturated rings. The monoisotopic (exact) mass is 153 g/mol. The van der Waals surface area contributed by atoms with Crippen LogP contribution in [0.2, 0.25) is 0 Å². The highest BCUT2D eigenvalue weighted by Gasteiger charge is 1.97. The third-order valence-electron chi connectivity index (χ3n) is 1.56. The zero-order valence-electron chi connectivity index (χ0n) is 7.85. The smallest absolute Gasteiger partial charge is 0.0229 e. The number of hydrogen-bond donors (Lipinski definition) is 1. The molecule has 0 aliphatic rings. The van der Waals surface area contributed by atoms with Crippen molar-refractivity contribution in [1.29, 1.82) is 0 Å². The predicted octanol–water partition coefficient (Wildman–Crippen LogP) is 2.85. The van der Waals surface area contributed by atoms with Crippen LogP contribution in [0.5, 0.6) is 0 Å². The summed E-state index contributed by atoms with van der Waals surface area (Å²) in [5.41, 5.74) is 1.20. The minimum atomic E-state index is 0.580. The lowest BCUT2D eigenvalue weighted by Crippen LogP contribution is -2.23. The Hall–Kier alpha value is -0.720. The lowest BCUT2D eigenvalue weighted by atomic mass is 10.2. The second-order valence-electron chi connectivity index (χ2n) is 2.92. The Kier molecular flexibility index (Phi) is 5.63. The molecule has 0 heterocycles. The van der Waals surface area contributed by atoms with Crippen LogP contribution < -0.4 is 5.32 Å². The van der Waals surface area contributed by atoms with Crippen molar-refractivity contribution in [3.05, 3.63) is 24.4 Å². The third-order valence-corrected chi connectivity index (χ3v) is 1.56. The van der Waals surface area contributed by atoms with Crippen LogP contribution in [0.3, 0.4) is 0 Å². The number of nitrogens with one attached hydrogen (secondary N) is 1. The molecule has 0 aromatic carbocycles. The lowest BCUT2D eigenvalue weighted by Gasteiger charge is -2.13. The molecule has 1 unspecified atom stereocenters. The van der Waals surface area contributed by atoms with E-state index in [0.29, 0.717) is 6.04 Å². The molecule has 0 aromatic heterocycles. The molecule has 0 radical (unpaired) electrons. The molecule has 0 spiro atoms. The molecule has 0 saturated heterocycles. The SMILES string of the molecule is C=C/C=C(\C)NC(C)CCC. The van der Waals surface area contributed by atoms with Gasteiger partial charge in [0.1, 0.15) is 0 Å². The Balaban J connectivity index is 3.64. The van der Waals surface area contributed by atoms with Gasteiger partial charge in [0, 0.05) is 11.7 Å². The summed E-state index contributed by atoms with van der Waals surface area (Å²) < 4.78 is 0. The van der Waals surface area contributed by atoms with Crippen molar-refractivity contribution in [2.75, 3.05) is 0 Å². The molecule has 1 nitrogen and oxygen atoms in total. The van der Waals surface area contributed by atoms with Crippen LogP contribution in [0, 0.1) is 0 Å². The summed E-state index contributed by atoms with van der Waals surface area (Å²) in [5.74, 6) is 0. The summed E-state index contributed by atoms with van der Waals surface area (Å²) in [4.78, 5) is 0. The van der Waals surface area contributed by atoms with Crippen LogP contribution in [0.15, 0.2) is 24.4 Å². The number of rotatable bonds is 5. The van der Waals surface area contributed by atoms with Crippen LogP contribution in [0.1, 0.15) is 33.6 Å². The maximum absolute atomic E-state index is 3.64. The fraction of sp³-hybridized carbons (Fsp3) is 0.600. The fourth-order valence-electron chi connectivity index (χ4n) is 1.12. The minimum absolute atomic E-state index is 0.580. The van der Waals surface area contributed by atoms with E-state index in [0.717, 1.165) is 0 Å². The topological polar surface area (TPSA) is 12.0 Å². The Morgan fingerprint density at radius 2 is 2.27 bits per heavy atom. The molecule has 11 heavy (non-hydrogen) atoms. The Labute approximate surface area is 70.2 Å². The fourth-order valence-corrected chi connectivity index (χ4v) is 1.12. The molecule has 0 saturated carbocycles. The van der Waals surface area contributed by atoms with Crippen molar-refractivity contribution in [1.82, 2.24) is 5.32 Å². The van der Waals surface area contributed by atoms with Crippen LogP contribution in [-0.4, -0.2) is 6.04 Å². The first-order valence-corrected chi connectivity index (χ1v) is 4.26. The van der Waals surface area contributed by atoms with Crippen molar-refractivity contribution in [3.63, 3.8) is 0 Å². The Morgan fingerprint density at radius 1 is 1.64 bits per heavy atom. The van der Waals surface area contributed by atoms with E-state index in [1.165, 1.54) is 18.5 Å². The first-order valence-electron chi connectivity index (χ1n) is 4.26. The Morgan fingerprint density at radius 3 is 2.73 bits per heavy atom. The van der Waals surface area contributed by atoms with E-state index >= 15 is 0 Å². The van der Waals surface area contributed by atoms with E-state index in [1.807, 2.05) is 6.08 Å². The van der Waals surface area contributed by atoms with Crippen molar-refractivity contribution in [3.8, 4) is 0 Å². The summed E-state index contributed by atoms with van der Waals surface area (Å²) in [6.07, 6.45) is 6.25. The number of allylic oxidation sites excluding steroid dienone is 3. The second-order valence-corrected chi connectivity index (χ2v) is 2.92. The zero-order valence-corrected chi connectivity index (χ0v) is 7.85. The maximum Gasteiger partial charge on any atom is 0.0229 e. The molecule has 0 amide bonds. The molecular formula is C10H19N. The van der Waals surface area contributed by atoms with E-state index in [1.54, 1.807) is 6.08 Å². The van der Waals surface area contributed by atoms with E-state index in [9.17, 15) is 0 Å². The van der Waals surface area contributed by atoms with Crippen LogP contribution in [0.4, 0.5) is 0 Å². The summed E-state index contributed by atoms with van der Waals surface area (Å²) in [7, 11) is 0. The van der Waals surface area contributed by atoms with Crippen LogP contribution >= 0.6 is 0 Å². The van der Waals surface area contributed by atoms with Gasteiger partial charge in [0.15, 0.2) is 0 Å². The number of hydrogen-bond acceptors (Lipinski definition) is 1. The lowest BCUT2D eigenvalue weighted by molar-refractivity contribution is 0.560. The first kappa shape index (κ1) is 10.3. The minimum Gasteiger partial charge on any atom is -0.386 e. The highest BCUT2D eigenvalue weighted by molar-refractivity contribution is 5.06.